The number of halogens is 1. The van der Waals surface area contributed by atoms with Crippen molar-refractivity contribution < 1.29 is 21.6 Å². The molecule has 8 nitrogen and oxygen atoms in total. The number of rotatable bonds is 1. The van der Waals surface area contributed by atoms with Crippen LogP contribution in [0.3, 0.4) is 0 Å². The van der Waals surface area contributed by atoms with Crippen LogP contribution in [0.1, 0.15) is 12.8 Å². The summed E-state index contributed by atoms with van der Waals surface area (Å²) >= 11 is 5.85. The highest BCUT2D eigenvalue weighted by molar-refractivity contribution is 7.91. The van der Waals surface area contributed by atoms with Crippen LogP contribution >= 0.6 is 11.6 Å². The van der Waals surface area contributed by atoms with Crippen LogP contribution in [0.2, 0.25) is 5.02 Å². The smallest absolute Gasteiger partial charge is 0.274 e. The molecular weight excluding hydrogens is 342 g/mol. The molecule has 2 heterocycles. The molecule has 1 aromatic carbocycles. The second-order valence-electron chi connectivity index (χ2n) is 4.51. The summed E-state index contributed by atoms with van der Waals surface area (Å²) in [6.07, 6.45) is 0.328. The molecule has 2 aliphatic rings. The predicted octanol–water partition coefficient (Wildman–Crippen LogP) is 0.215. The van der Waals surface area contributed by atoms with Crippen molar-refractivity contribution in [1.29, 1.82) is 0 Å². The van der Waals surface area contributed by atoms with E-state index in [4.69, 9.17) is 16.7 Å². The van der Waals surface area contributed by atoms with E-state index in [0.717, 1.165) is 17.0 Å². The summed E-state index contributed by atoms with van der Waals surface area (Å²) in [7, 11) is -8.30. The lowest BCUT2D eigenvalue weighted by Gasteiger charge is -2.24. The van der Waals surface area contributed by atoms with Crippen LogP contribution in [0, 0.1) is 0 Å². The average Bonchev–Trinajstić information content (AvgIpc) is 2.67. The van der Waals surface area contributed by atoms with Gasteiger partial charge in [-0.3, -0.25) is 9.69 Å². The normalized spacial score (nSPS) is 20.0. The summed E-state index contributed by atoms with van der Waals surface area (Å²) in [5.74, 6) is -0.226. The third kappa shape index (κ3) is 2.14. The van der Waals surface area contributed by atoms with Crippen LogP contribution in [0.15, 0.2) is 26.3 Å². The Labute approximate surface area is 125 Å². The zero-order valence-corrected chi connectivity index (χ0v) is 12.7. The van der Waals surface area contributed by atoms with E-state index >= 15 is 0 Å². The molecule has 0 spiro atoms. The summed E-state index contributed by atoms with van der Waals surface area (Å²) < 4.78 is 50.6. The molecule has 0 aliphatic carbocycles. The molecule has 1 saturated heterocycles. The average molecular weight is 350 g/mol. The van der Waals surface area contributed by atoms with E-state index in [-0.39, 0.29) is 35.3 Å². The fourth-order valence-corrected chi connectivity index (χ4v) is 4.66. The second-order valence-corrected chi connectivity index (χ2v) is 8.02. The Morgan fingerprint density at radius 2 is 1.95 bits per heavy atom. The SMILES string of the molecule is NS(=O)(=O)c1cc2c(cc1Cl)N1C(=O)CCC1=NS2(=O)=O. The highest BCUT2D eigenvalue weighted by atomic mass is 35.5. The number of amidine groups is 1. The topological polar surface area (TPSA) is 127 Å². The highest BCUT2D eigenvalue weighted by Gasteiger charge is 2.39. The van der Waals surface area contributed by atoms with Crippen molar-refractivity contribution in [2.45, 2.75) is 22.6 Å². The van der Waals surface area contributed by atoms with Gasteiger partial charge in [-0.2, -0.15) is 8.42 Å². The standard InChI is InChI=1S/C10H8ClN3O5S2/c11-5-3-6-8(4-7(5)20(12,16)17)21(18,19)13-9-1-2-10(15)14(6)9/h3-4H,1-2H2,(H2,12,16,17). The summed E-state index contributed by atoms with van der Waals surface area (Å²) in [6, 6.07) is 1.93. The number of carbonyl (C=O) groups excluding carboxylic acids is 1. The van der Waals surface area contributed by atoms with Crippen LogP contribution in [-0.4, -0.2) is 28.6 Å². The van der Waals surface area contributed by atoms with Crippen molar-refractivity contribution in [2.75, 3.05) is 4.90 Å². The van der Waals surface area contributed by atoms with Crippen LogP contribution in [-0.2, 0) is 24.8 Å². The number of hydrogen-bond acceptors (Lipinski definition) is 5. The largest absolute Gasteiger partial charge is 0.286 e. The van der Waals surface area contributed by atoms with Gasteiger partial charge in [0.1, 0.15) is 15.6 Å². The number of nitrogens with two attached hydrogens (primary N) is 1. The third-order valence-corrected chi connectivity index (χ3v) is 5.84. The van der Waals surface area contributed by atoms with Crippen molar-refractivity contribution in [1.82, 2.24) is 0 Å². The van der Waals surface area contributed by atoms with E-state index in [9.17, 15) is 21.6 Å². The number of benzene rings is 1. The van der Waals surface area contributed by atoms with Gasteiger partial charge in [0.2, 0.25) is 15.9 Å². The lowest BCUT2D eigenvalue weighted by atomic mass is 10.3. The van der Waals surface area contributed by atoms with E-state index in [1.165, 1.54) is 0 Å². The number of carbonyl (C=O) groups is 1. The van der Waals surface area contributed by atoms with Gasteiger partial charge >= 0.3 is 0 Å². The molecule has 1 fully saturated rings. The Hall–Kier alpha value is -1.49. The van der Waals surface area contributed by atoms with Gasteiger partial charge in [0, 0.05) is 12.8 Å². The van der Waals surface area contributed by atoms with Crippen molar-refractivity contribution in [3.8, 4) is 0 Å². The molecule has 1 amide bonds. The van der Waals surface area contributed by atoms with Gasteiger partial charge in [0.15, 0.2) is 0 Å². The van der Waals surface area contributed by atoms with Gasteiger partial charge in [-0.15, -0.1) is 4.40 Å². The molecule has 11 heteroatoms. The van der Waals surface area contributed by atoms with Crippen LogP contribution < -0.4 is 10.0 Å². The first kappa shape index (κ1) is 14.4. The van der Waals surface area contributed by atoms with Gasteiger partial charge in [0.25, 0.3) is 10.0 Å². The molecule has 0 bridgehead atoms. The molecule has 0 aromatic heterocycles. The number of amides is 1. The molecule has 1 aromatic rings. The summed E-state index contributed by atoms with van der Waals surface area (Å²) in [5, 5.41) is 4.73. The van der Waals surface area contributed by atoms with Gasteiger partial charge < -0.3 is 0 Å². The molecule has 3 rings (SSSR count). The van der Waals surface area contributed by atoms with E-state index in [1.54, 1.807) is 0 Å². The monoisotopic (exact) mass is 349 g/mol. The molecule has 0 atom stereocenters. The van der Waals surface area contributed by atoms with Gasteiger partial charge in [-0.25, -0.2) is 13.6 Å². The number of primary sulfonamides is 1. The quantitative estimate of drug-likeness (QED) is 0.775. The predicted molar refractivity (Wildman–Crippen MR) is 74.2 cm³/mol. The Bertz CT molecular complexity index is 920. The lowest BCUT2D eigenvalue weighted by Crippen LogP contribution is -2.34. The van der Waals surface area contributed by atoms with Crippen LogP contribution in [0.25, 0.3) is 0 Å². The van der Waals surface area contributed by atoms with E-state index in [2.05, 4.69) is 4.40 Å². The van der Waals surface area contributed by atoms with Crippen molar-refractivity contribution in [3.63, 3.8) is 0 Å². The fourth-order valence-electron chi connectivity index (χ4n) is 2.26. The maximum absolute atomic E-state index is 12.1. The zero-order valence-electron chi connectivity index (χ0n) is 10.3. The lowest BCUT2D eigenvalue weighted by molar-refractivity contribution is -0.116. The first-order chi connectivity index (χ1) is 9.61. The minimum absolute atomic E-state index is 0.0000926. The number of hydrogen-bond donors (Lipinski definition) is 1. The van der Waals surface area contributed by atoms with Crippen molar-refractivity contribution >= 4 is 49.1 Å². The summed E-state index contributed by atoms with van der Waals surface area (Å²) in [6.45, 7) is 0. The number of fused-ring (bicyclic) bond motifs is 3. The summed E-state index contributed by atoms with van der Waals surface area (Å²) in [4.78, 5) is 12.0. The molecule has 2 aliphatic heterocycles. The number of sulfonamides is 2. The van der Waals surface area contributed by atoms with Gasteiger partial charge in [-0.05, 0) is 12.1 Å². The molecule has 0 saturated carbocycles. The number of nitrogens with zero attached hydrogens (tertiary/aromatic N) is 2. The maximum atomic E-state index is 12.1. The van der Waals surface area contributed by atoms with Crippen molar-refractivity contribution in [3.05, 3.63) is 17.2 Å². The van der Waals surface area contributed by atoms with E-state index < -0.39 is 29.8 Å². The Morgan fingerprint density at radius 3 is 2.57 bits per heavy atom. The highest BCUT2D eigenvalue weighted by Crippen LogP contribution is 2.39. The molecular formula is C10H8ClN3O5S2. The first-order valence-corrected chi connectivity index (χ1v) is 9.01. The van der Waals surface area contributed by atoms with Crippen molar-refractivity contribution in [2.24, 2.45) is 9.54 Å². The van der Waals surface area contributed by atoms with Gasteiger partial charge in [-0.1, -0.05) is 11.6 Å². The first-order valence-electron chi connectivity index (χ1n) is 5.64. The summed E-state index contributed by atoms with van der Waals surface area (Å²) in [5.41, 5.74) is -0.0000926. The minimum Gasteiger partial charge on any atom is -0.274 e. The van der Waals surface area contributed by atoms with Crippen LogP contribution in [0.5, 0.6) is 0 Å². The Balaban J connectivity index is 2.37. The van der Waals surface area contributed by atoms with Gasteiger partial charge in [0.05, 0.1) is 10.7 Å². The van der Waals surface area contributed by atoms with E-state index in [1.807, 2.05) is 0 Å². The second kappa shape index (κ2) is 4.26. The minimum atomic E-state index is -4.20. The maximum Gasteiger partial charge on any atom is 0.286 e. The zero-order chi connectivity index (χ0) is 15.6. The molecule has 21 heavy (non-hydrogen) atoms. The Morgan fingerprint density at radius 1 is 1.29 bits per heavy atom. The molecule has 0 radical (unpaired) electrons. The van der Waals surface area contributed by atoms with E-state index in [0.29, 0.717) is 0 Å². The fraction of sp³-hybridized carbons (Fsp3) is 0.200. The molecule has 0 unspecified atom stereocenters. The molecule has 112 valence electrons. The third-order valence-electron chi connectivity index (χ3n) is 3.13. The Kier molecular flexibility index (Phi) is 2.93. The molecule has 2 N–H and O–H groups in total. The van der Waals surface area contributed by atoms with Crippen LogP contribution in [0.4, 0.5) is 5.69 Å². The number of anilines is 1.